The van der Waals surface area contributed by atoms with Gasteiger partial charge in [0.25, 0.3) is 10.0 Å². The second kappa shape index (κ2) is 9.70. The minimum absolute atomic E-state index is 0.0125. The Morgan fingerprint density at radius 3 is 2.52 bits per heavy atom. The molecule has 0 bridgehead atoms. The number of pyridine rings is 1. The number of halogens is 1. The van der Waals surface area contributed by atoms with E-state index >= 15 is 0 Å². The van der Waals surface area contributed by atoms with Crippen LogP contribution in [0.3, 0.4) is 0 Å². The van der Waals surface area contributed by atoms with Crippen LogP contribution in [-0.2, 0) is 29.5 Å². The van der Waals surface area contributed by atoms with E-state index in [2.05, 4.69) is 4.98 Å². The molecule has 8 heteroatoms. The summed E-state index contributed by atoms with van der Waals surface area (Å²) in [7, 11) is -4.07. The fourth-order valence-corrected chi connectivity index (χ4v) is 5.44. The Bertz CT molecular complexity index is 1230. The molecule has 0 aliphatic heterocycles. The highest BCUT2D eigenvalue weighted by atomic mass is 32.2. The van der Waals surface area contributed by atoms with Crippen molar-refractivity contribution in [2.45, 2.75) is 43.9 Å². The van der Waals surface area contributed by atoms with Gasteiger partial charge in [-0.05, 0) is 67.1 Å². The molecule has 1 aromatic heterocycles. The number of aromatic nitrogens is 1. The predicted molar refractivity (Wildman–Crippen MR) is 124 cm³/mol. The number of hydrogen-bond acceptors (Lipinski definition) is 5. The first-order chi connectivity index (χ1) is 15.9. The summed E-state index contributed by atoms with van der Waals surface area (Å²) < 4.78 is 48.4. The lowest BCUT2D eigenvalue weighted by Crippen LogP contribution is -2.36. The average Bonchev–Trinajstić information content (AvgIpc) is 3.29. The Morgan fingerprint density at radius 1 is 1.15 bits per heavy atom. The molecule has 4 rings (SSSR count). The van der Waals surface area contributed by atoms with E-state index in [4.69, 9.17) is 4.74 Å². The first-order valence-corrected chi connectivity index (χ1v) is 12.2. The van der Waals surface area contributed by atoms with E-state index in [1.165, 1.54) is 31.5 Å². The molecular weight excluding hydrogens is 443 g/mol. The summed E-state index contributed by atoms with van der Waals surface area (Å²) in [6.45, 7) is 1.16. The number of rotatable bonds is 9. The van der Waals surface area contributed by atoms with Crippen LogP contribution in [0.25, 0.3) is 0 Å². The summed E-state index contributed by atoms with van der Waals surface area (Å²) in [6.07, 6.45) is 4.81. The van der Waals surface area contributed by atoms with E-state index in [-0.39, 0.29) is 18.0 Å². The Morgan fingerprint density at radius 2 is 1.88 bits per heavy atom. The van der Waals surface area contributed by atoms with Gasteiger partial charge in [-0.1, -0.05) is 24.3 Å². The monoisotopic (exact) mass is 468 g/mol. The standard InChI is InChI=1S/C25H25FN2O4S/c1-18(26)15-28(33(30,31)23-6-3-11-27-14-23)24-12-21-4-2-5-22(21)13-25(24)32-17-20-9-7-19(16-29)8-10-20/h3,6-14,16,18H,2,4-5,15,17H2,1H3/t18-/m0/s1. The molecule has 1 heterocycles. The fourth-order valence-electron chi connectivity index (χ4n) is 3.93. The maximum Gasteiger partial charge on any atom is 0.266 e. The number of fused-ring (bicyclic) bond motifs is 1. The third-order valence-corrected chi connectivity index (χ3v) is 7.36. The number of alkyl halides is 1. The number of carbonyl (C=O) groups is 1. The Hall–Kier alpha value is -3.26. The normalized spacial score (nSPS) is 13.9. The molecule has 0 amide bonds. The summed E-state index contributed by atoms with van der Waals surface area (Å²) >= 11 is 0. The quantitative estimate of drug-likeness (QED) is 0.432. The van der Waals surface area contributed by atoms with E-state index in [1.54, 1.807) is 24.3 Å². The predicted octanol–water partition coefficient (Wildman–Crippen LogP) is 4.52. The zero-order valence-corrected chi connectivity index (χ0v) is 19.1. The molecule has 0 N–H and O–H groups in total. The van der Waals surface area contributed by atoms with Gasteiger partial charge in [0.1, 0.15) is 29.7 Å². The van der Waals surface area contributed by atoms with Gasteiger partial charge in [-0.2, -0.15) is 0 Å². The maximum absolute atomic E-state index is 14.2. The number of hydrogen-bond donors (Lipinski definition) is 0. The van der Waals surface area contributed by atoms with Gasteiger partial charge < -0.3 is 4.74 Å². The molecule has 33 heavy (non-hydrogen) atoms. The van der Waals surface area contributed by atoms with Crippen molar-refractivity contribution in [1.82, 2.24) is 4.98 Å². The topological polar surface area (TPSA) is 76.6 Å². The minimum atomic E-state index is -4.07. The zero-order valence-electron chi connectivity index (χ0n) is 18.3. The molecule has 1 aliphatic carbocycles. The van der Waals surface area contributed by atoms with Gasteiger partial charge >= 0.3 is 0 Å². The molecule has 0 radical (unpaired) electrons. The molecule has 172 valence electrons. The van der Waals surface area contributed by atoms with Gasteiger partial charge in [0.2, 0.25) is 0 Å². The summed E-state index contributed by atoms with van der Waals surface area (Å²) in [5.41, 5.74) is 3.85. The highest BCUT2D eigenvalue weighted by Crippen LogP contribution is 2.38. The first-order valence-electron chi connectivity index (χ1n) is 10.8. The van der Waals surface area contributed by atoms with Gasteiger partial charge in [-0.15, -0.1) is 0 Å². The van der Waals surface area contributed by atoms with Crippen LogP contribution < -0.4 is 9.04 Å². The maximum atomic E-state index is 14.2. The second-order valence-electron chi connectivity index (χ2n) is 8.10. The van der Waals surface area contributed by atoms with Crippen LogP contribution in [0.4, 0.5) is 10.1 Å². The number of carbonyl (C=O) groups excluding carboxylic acids is 1. The van der Waals surface area contributed by atoms with Crippen molar-refractivity contribution in [3.8, 4) is 5.75 Å². The first kappa shape index (κ1) is 22.9. The van der Waals surface area contributed by atoms with E-state index in [0.717, 1.165) is 46.5 Å². The lowest BCUT2D eigenvalue weighted by Gasteiger charge is -2.27. The smallest absolute Gasteiger partial charge is 0.266 e. The van der Waals surface area contributed by atoms with Gasteiger partial charge in [-0.3, -0.25) is 14.1 Å². The average molecular weight is 469 g/mol. The summed E-state index contributed by atoms with van der Waals surface area (Å²) in [5, 5.41) is 0. The zero-order chi connectivity index (χ0) is 23.4. The SMILES string of the molecule is C[C@H](F)CN(c1cc2c(cc1OCc1ccc(C=O)cc1)CCC2)S(=O)(=O)c1cccnc1. The van der Waals surface area contributed by atoms with Crippen LogP contribution in [0, 0.1) is 0 Å². The van der Waals surface area contributed by atoms with Crippen molar-refractivity contribution in [3.05, 3.63) is 83.2 Å². The van der Waals surface area contributed by atoms with Crippen LogP contribution in [0.5, 0.6) is 5.75 Å². The van der Waals surface area contributed by atoms with Gasteiger partial charge in [0.05, 0.1) is 12.2 Å². The van der Waals surface area contributed by atoms with Crippen LogP contribution in [0.2, 0.25) is 0 Å². The fraction of sp³-hybridized carbons (Fsp3) is 0.280. The lowest BCUT2D eigenvalue weighted by atomic mass is 10.1. The molecule has 1 atom stereocenters. The Labute approximate surface area is 193 Å². The van der Waals surface area contributed by atoms with Crippen molar-refractivity contribution < 1.29 is 22.3 Å². The van der Waals surface area contributed by atoms with Crippen LogP contribution in [0.1, 0.15) is 40.4 Å². The van der Waals surface area contributed by atoms with Crippen LogP contribution in [0.15, 0.2) is 65.8 Å². The van der Waals surface area contributed by atoms with Crippen LogP contribution in [-0.4, -0.2) is 32.4 Å². The van der Waals surface area contributed by atoms with Crippen molar-refractivity contribution in [2.24, 2.45) is 0 Å². The largest absolute Gasteiger partial charge is 0.487 e. The van der Waals surface area contributed by atoms with E-state index in [9.17, 15) is 17.6 Å². The van der Waals surface area contributed by atoms with Gasteiger partial charge in [0, 0.05) is 18.0 Å². The lowest BCUT2D eigenvalue weighted by molar-refractivity contribution is 0.112. The molecule has 1 aliphatic rings. The molecule has 3 aromatic rings. The molecule has 2 aromatic carbocycles. The Kier molecular flexibility index (Phi) is 6.74. The highest BCUT2D eigenvalue weighted by molar-refractivity contribution is 7.92. The van der Waals surface area contributed by atoms with Crippen molar-refractivity contribution in [2.75, 3.05) is 10.8 Å². The van der Waals surface area contributed by atoms with Crippen molar-refractivity contribution in [3.63, 3.8) is 0 Å². The van der Waals surface area contributed by atoms with Crippen molar-refractivity contribution >= 4 is 22.0 Å². The number of aryl methyl sites for hydroxylation is 2. The molecule has 0 saturated heterocycles. The summed E-state index contributed by atoms with van der Waals surface area (Å²) in [6, 6.07) is 13.6. The van der Waals surface area contributed by atoms with E-state index in [1.807, 2.05) is 12.1 Å². The molecule has 0 unspecified atom stereocenters. The van der Waals surface area contributed by atoms with Crippen LogP contribution >= 0.6 is 0 Å². The molecule has 0 spiro atoms. The summed E-state index contributed by atoms with van der Waals surface area (Å²) in [4.78, 5) is 14.8. The second-order valence-corrected chi connectivity index (χ2v) is 9.96. The number of nitrogens with zero attached hydrogens (tertiary/aromatic N) is 2. The molecule has 0 fully saturated rings. The molecule has 0 saturated carbocycles. The third-order valence-electron chi connectivity index (χ3n) is 5.59. The number of benzene rings is 2. The highest BCUT2D eigenvalue weighted by Gasteiger charge is 2.30. The summed E-state index contributed by atoms with van der Waals surface area (Å²) in [5.74, 6) is 0.378. The minimum Gasteiger partial charge on any atom is -0.487 e. The van der Waals surface area contributed by atoms with Gasteiger partial charge in [-0.25, -0.2) is 12.8 Å². The molecular formula is C25H25FN2O4S. The molecule has 6 nitrogen and oxygen atoms in total. The number of aldehydes is 1. The van der Waals surface area contributed by atoms with E-state index < -0.39 is 16.2 Å². The Balaban J connectivity index is 1.75. The number of anilines is 1. The third kappa shape index (κ3) is 5.06. The van der Waals surface area contributed by atoms with Crippen molar-refractivity contribution in [1.29, 1.82) is 0 Å². The van der Waals surface area contributed by atoms with E-state index in [0.29, 0.717) is 17.0 Å². The number of ether oxygens (including phenoxy) is 1. The number of sulfonamides is 1. The van der Waals surface area contributed by atoms with Gasteiger partial charge in [0.15, 0.2) is 0 Å².